The maximum absolute atomic E-state index is 12.2. The number of aliphatic carboxylic acids is 1. The Balaban J connectivity index is 1.80. The van der Waals surface area contributed by atoms with Crippen LogP contribution in [0.3, 0.4) is 0 Å². The van der Waals surface area contributed by atoms with E-state index in [0.29, 0.717) is 25.0 Å². The molecule has 1 aliphatic carbocycles. The van der Waals surface area contributed by atoms with Crippen molar-refractivity contribution >= 4 is 39.1 Å². The fourth-order valence-electron chi connectivity index (χ4n) is 3.17. The van der Waals surface area contributed by atoms with E-state index in [1.54, 1.807) is 7.11 Å². The topological polar surface area (TPSA) is 75.6 Å². The Kier molecular flexibility index (Phi) is 7.71. The molecular formula is C17H24BrNO4S. The molecule has 1 fully saturated rings. The normalized spacial score (nSPS) is 22.1. The molecule has 1 heterocycles. The largest absolute Gasteiger partial charge is 0.481 e. The fraction of sp³-hybridized carbons (Fsp3) is 0.647. The van der Waals surface area contributed by atoms with E-state index in [4.69, 9.17) is 9.84 Å². The first-order valence-electron chi connectivity index (χ1n) is 8.23. The summed E-state index contributed by atoms with van der Waals surface area (Å²) < 4.78 is 6.30. The van der Waals surface area contributed by atoms with Gasteiger partial charge in [0.25, 0.3) is 0 Å². The molecule has 0 bridgehead atoms. The van der Waals surface area contributed by atoms with Gasteiger partial charge in [-0.1, -0.05) is 0 Å². The SMILES string of the molecule is COC1CCC(CC(=O)NCC(CC(=O)O)c2cc(Br)cs2)CC1. The number of ether oxygens (including phenoxy) is 1. The molecule has 5 nitrogen and oxygen atoms in total. The number of carbonyl (C=O) groups is 2. The van der Waals surface area contributed by atoms with E-state index in [9.17, 15) is 9.59 Å². The highest BCUT2D eigenvalue weighted by Crippen LogP contribution is 2.30. The first-order chi connectivity index (χ1) is 11.5. The molecule has 0 saturated heterocycles. The fourth-order valence-corrected chi connectivity index (χ4v) is 4.72. The Morgan fingerprint density at radius 2 is 2.12 bits per heavy atom. The van der Waals surface area contributed by atoms with Crippen molar-refractivity contribution in [1.29, 1.82) is 0 Å². The summed E-state index contributed by atoms with van der Waals surface area (Å²) in [5.41, 5.74) is 0. The maximum atomic E-state index is 12.2. The van der Waals surface area contributed by atoms with Gasteiger partial charge in [-0.25, -0.2) is 0 Å². The second-order valence-corrected chi connectivity index (χ2v) is 8.21. The van der Waals surface area contributed by atoms with Crippen LogP contribution < -0.4 is 5.32 Å². The van der Waals surface area contributed by atoms with Crippen molar-refractivity contribution in [3.05, 3.63) is 20.8 Å². The third-order valence-corrected chi connectivity index (χ3v) is 6.41. The summed E-state index contributed by atoms with van der Waals surface area (Å²) in [7, 11) is 1.74. The van der Waals surface area contributed by atoms with Gasteiger partial charge in [-0.2, -0.15) is 0 Å². The van der Waals surface area contributed by atoms with E-state index < -0.39 is 5.97 Å². The number of amides is 1. The smallest absolute Gasteiger partial charge is 0.304 e. The second-order valence-electron chi connectivity index (χ2n) is 6.35. The average Bonchev–Trinajstić information content (AvgIpc) is 2.98. The summed E-state index contributed by atoms with van der Waals surface area (Å²) in [4.78, 5) is 24.2. The minimum absolute atomic E-state index is 0.0156. The molecular weight excluding hydrogens is 394 g/mol. The average molecular weight is 418 g/mol. The van der Waals surface area contributed by atoms with Crippen molar-refractivity contribution in [2.45, 2.75) is 50.5 Å². The van der Waals surface area contributed by atoms with Gasteiger partial charge in [0, 0.05) is 40.7 Å². The van der Waals surface area contributed by atoms with E-state index in [2.05, 4.69) is 21.2 Å². The van der Waals surface area contributed by atoms with Crippen LogP contribution in [0, 0.1) is 5.92 Å². The Morgan fingerprint density at radius 1 is 1.42 bits per heavy atom. The van der Waals surface area contributed by atoms with Gasteiger partial charge in [-0.15, -0.1) is 11.3 Å². The number of thiophene rings is 1. The van der Waals surface area contributed by atoms with E-state index in [1.165, 1.54) is 11.3 Å². The lowest BCUT2D eigenvalue weighted by Crippen LogP contribution is -2.31. The van der Waals surface area contributed by atoms with Gasteiger partial charge in [-0.05, 0) is 53.6 Å². The van der Waals surface area contributed by atoms with Crippen LogP contribution in [-0.2, 0) is 14.3 Å². The van der Waals surface area contributed by atoms with E-state index >= 15 is 0 Å². The summed E-state index contributed by atoms with van der Waals surface area (Å²) in [6.07, 6.45) is 4.93. The lowest BCUT2D eigenvalue weighted by atomic mass is 9.85. The first kappa shape index (κ1) is 19.4. The number of carbonyl (C=O) groups excluding carboxylic acids is 1. The number of carboxylic acids is 1. The van der Waals surface area contributed by atoms with Crippen LogP contribution in [0.2, 0.25) is 0 Å². The third kappa shape index (κ3) is 6.18. The van der Waals surface area contributed by atoms with Crippen LogP contribution in [0.15, 0.2) is 15.9 Å². The molecule has 1 aromatic rings. The van der Waals surface area contributed by atoms with E-state index in [1.807, 2.05) is 11.4 Å². The zero-order chi connectivity index (χ0) is 17.5. The summed E-state index contributed by atoms with van der Waals surface area (Å²) in [5.74, 6) is -0.615. The molecule has 1 amide bonds. The predicted molar refractivity (Wildman–Crippen MR) is 97.4 cm³/mol. The van der Waals surface area contributed by atoms with Gasteiger partial charge in [0.05, 0.1) is 12.5 Å². The Bertz CT molecular complexity index is 555. The molecule has 0 aliphatic heterocycles. The number of hydrogen-bond donors (Lipinski definition) is 2. The van der Waals surface area contributed by atoms with Crippen molar-refractivity contribution in [3.8, 4) is 0 Å². The van der Waals surface area contributed by atoms with Crippen molar-refractivity contribution in [2.24, 2.45) is 5.92 Å². The highest BCUT2D eigenvalue weighted by Gasteiger charge is 2.24. The van der Waals surface area contributed by atoms with Gasteiger partial charge >= 0.3 is 5.97 Å². The number of carboxylic acid groups (broad SMARTS) is 1. The van der Waals surface area contributed by atoms with Crippen LogP contribution in [0.25, 0.3) is 0 Å². The zero-order valence-corrected chi connectivity index (χ0v) is 16.2. The standard InChI is InChI=1S/C17H24BrNO4S/c1-23-14-4-2-11(3-5-14)6-16(20)19-9-12(7-17(21)22)15-8-13(18)10-24-15/h8,10-12,14H,2-7,9H2,1H3,(H,19,20)(H,21,22). The Morgan fingerprint density at radius 3 is 2.67 bits per heavy atom. The van der Waals surface area contributed by atoms with Crippen LogP contribution >= 0.6 is 27.3 Å². The molecule has 0 spiro atoms. The quantitative estimate of drug-likeness (QED) is 0.674. The molecule has 0 radical (unpaired) electrons. The minimum atomic E-state index is -0.850. The summed E-state index contributed by atoms with van der Waals surface area (Å²) in [6.45, 7) is 0.367. The van der Waals surface area contributed by atoms with E-state index in [0.717, 1.165) is 35.0 Å². The number of hydrogen-bond acceptors (Lipinski definition) is 4. The lowest BCUT2D eigenvalue weighted by Gasteiger charge is -2.27. The van der Waals surface area contributed by atoms with Crippen LogP contribution in [0.1, 0.15) is 49.3 Å². The monoisotopic (exact) mass is 417 g/mol. The Labute approximate surface area is 154 Å². The van der Waals surface area contributed by atoms with Crippen molar-refractivity contribution in [1.82, 2.24) is 5.32 Å². The van der Waals surface area contributed by atoms with Gasteiger partial charge in [0.2, 0.25) is 5.91 Å². The lowest BCUT2D eigenvalue weighted by molar-refractivity contribution is -0.137. The highest BCUT2D eigenvalue weighted by atomic mass is 79.9. The van der Waals surface area contributed by atoms with Gasteiger partial charge < -0.3 is 15.2 Å². The van der Waals surface area contributed by atoms with Crippen molar-refractivity contribution in [3.63, 3.8) is 0 Å². The molecule has 2 N–H and O–H groups in total. The molecule has 1 saturated carbocycles. The van der Waals surface area contributed by atoms with E-state index in [-0.39, 0.29) is 18.2 Å². The number of nitrogens with one attached hydrogen (secondary N) is 1. The molecule has 24 heavy (non-hydrogen) atoms. The molecule has 2 rings (SSSR count). The Hall–Kier alpha value is -0.920. The highest BCUT2D eigenvalue weighted by molar-refractivity contribution is 9.10. The third-order valence-electron chi connectivity index (χ3n) is 4.56. The maximum Gasteiger partial charge on any atom is 0.304 e. The van der Waals surface area contributed by atoms with Crippen LogP contribution in [-0.4, -0.2) is 36.7 Å². The molecule has 7 heteroatoms. The molecule has 1 aromatic heterocycles. The number of halogens is 1. The van der Waals surface area contributed by atoms with Gasteiger partial charge in [0.1, 0.15) is 0 Å². The van der Waals surface area contributed by atoms with Crippen molar-refractivity contribution in [2.75, 3.05) is 13.7 Å². The van der Waals surface area contributed by atoms with Crippen molar-refractivity contribution < 1.29 is 19.4 Å². The van der Waals surface area contributed by atoms with Gasteiger partial charge in [0.15, 0.2) is 0 Å². The zero-order valence-electron chi connectivity index (χ0n) is 13.8. The second kappa shape index (κ2) is 9.53. The molecule has 0 aromatic carbocycles. The number of rotatable bonds is 8. The van der Waals surface area contributed by atoms with Crippen LogP contribution in [0.4, 0.5) is 0 Å². The van der Waals surface area contributed by atoms with Crippen LogP contribution in [0.5, 0.6) is 0 Å². The summed E-state index contributed by atoms with van der Waals surface area (Å²) in [5, 5.41) is 14.0. The molecule has 1 atom stereocenters. The minimum Gasteiger partial charge on any atom is -0.481 e. The number of methoxy groups -OCH3 is 1. The first-order valence-corrected chi connectivity index (χ1v) is 9.90. The molecule has 134 valence electrons. The summed E-state index contributed by atoms with van der Waals surface area (Å²) in [6, 6.07) is 1.93. The van der Waals surface area contributed by atoms with Gasteiger partial charge in [-0.3, -0.25) is 9.59 Å². The molecule has 1 aliphatic rings. The molecule has 1 unspecified atom stereocenters. The predicted octanol–water partition coefficient (Wildman–Crippen LogP) is 3.78. The summed E-state index contributed by atoms with van der Waals surface area (Å²) >= 11 is 4.90.